The highest BCUT2D eigenvalue weighted by atomic mass is 16.5. The van der Waals surface area contributed by atoms with E-state index < -0.39 is 0 Å². The fourth-order valence-corrected chi connectivity index (χ4v) is 3.22. The Bertz CT molecular complexity index is 249. The van der Waals surface area contributed by atoms with E-state index in [1.807, 2.05) is 0 Å². The Labute approximate surface area is 99.4 Å². The first-order valence-corrected chi connectivity index (χ1v) is 6.90. The predicted octanol–water partition coefficient (Wildman–Crippen LogP) is 2.89. The van der Waals surface area contributed by atoms with Crippen LogP contribution in [0.25, 0.3) is 0 Å². The van der Waals surface area contributed by atoms with Gasteiger partial charge in [-0.25, -0.2) is 0 Å². The van der Waals surface area contributed by atoms with E-state index in [0.29, 0.717) is 18.1 Å². The van der Waals surface area contributed by atoms with Gasteiger partial charge in [0.15, 0.2) is 0 Å². The molecule has 1 heterocycles. The molecule has 1 saturated heterocycles. The number of ether oxygens (including phenoxy) is 1. The van der Waals surface area contributed by atoms with E-state index >= 15 is 0 Å². The summed E-state index contributed by atoms with van der Waals surface area (Å²) >= 11 is 0. The van der Waals surface area contributed by atoms with Crippen molar-refractivity contribution in [1.82, 2.24) is 5.32 Å². The Morgan fingerprint density at radius 3 is 3.00 bits per heavy atom. The Balaban J connectivity index is 2.05. The van der Waals surface area contributed by atoms with Gasteiger partial charge in [-0.1, -0.05) is 25.5 Å². The molecule has 1 aliphatic carbocycles. The predicted molar refractivity (Wildman–Crippen MR) is 67.5 cm³/mol. The molecule has 0 aromatic rings. The summed E-state index contributed by atoms with van der Waals surface area (Å²) in [4.78, 5) is 0. The maximum Gasteiger partial charge on any atom is 0.0619 e. The van der Waals surface area contributed by atoms with E-state index in [9.17, 15) is 0 Å². The number of allylic oxidation sites excluding steroid dienone is 1. The summed E-state index contributed by atoms with van der Waals surface area (Å²) in [5, 5.41) is 3.68. The molecule has 1 fully saturated rings. The third kappa shape index (κ3) is 2.49. The summed E-state index contributed by atoms with van der Waals surface area (Å²) in [7, 11) is 0. The summed E-state index contributed by atoms with van der Waals surface area (Å²) in [5.74, 6) is 0.703. The molecule has 3 atom stereocenters. The second kappa shape index (κ2) is 5.83. The molecule has 0 amide bonds. The SMILES string of the molecule is CCNC(C1=CCCC1)C1CCOC1CC. The molecule has 2 aliphatic rings. The smallest absolute Gasteiger partial charge is 0.0619 e. The van der Waals surface area contributed by atoms with Gasteiger partial charge in [-0.3, -0.25) is 0 Å². The summed E-state index contributed by atoms with van der Waals surface area (Å²) in [6, 6.07) is 0.583. The molecule has 3 unspecified atom stereocenters. The van der Waals surface area contributed by atoms with Gasteiger partial charge in [0.25, 0.3) is 0 Å². The molecule has 0 aromatic carbocycles. The first-order chi connectivity index (χ1) is 7.86. The molecule has 2 nitrogen and oxygen atoms in total. The van der Waals surface area contributed by atoms with Gasteiger partial charge in [0.1, 0.15) is 0 Å². The lowest BCUT2D eigenvalue weighted by atomic mass is 9.86. The summed E-state index contributed by atoms with van der Waals surface area (Å²) in [5.41, 5.74) is 1.65. The van der Waals surface area contributed by atoms with Crippen molar-refractivity contribution < 1.29 is 4.74 Å². The number of nitrogens with one attached hydrogen (secondary N) is 1. The quantitative estimate of drug-likeness (QED) is 0.724. The number of hydrogen-bond donors (Lipinski definition) is 1. The van der Waals surface area contributed by atoms with Gasteiger partial charge in [0, 0.05) is 18.6 Å². The minimum absolute atomic E-state index is 0.477. The van der Waals surface area contributed by atoms with Gasteiger partial charge in [-0.15, -0.1) is 0 Å². The van der Waals surface area contributed by atoms with Crippen molar-refractivity contribution in [2.45, 2.75) is 58.1 Å². The molecule has 1 aliphatic heterocycles. The van der Waals surface area contributed by atoms with E-state index in [4.69, 9.17) is 4.74 Å². The molecule has 0 radical (unpaired) electrons. The Morgan fingerprint density at radius 1 is 1.50 bits per heavy atom. The van der Waals surface area contributed by atoms with Crippen LogP contribution in [0.4, 0.5) is 0 Å². The largest absolute Gasteiger partial charge is 0.378 e. The van der Waals surface area contributed by atoms with E-state index in [1.54, 1.807) is 5.57 Å². The van der Waals surface area contributed by atoms with Crippen molar-refractivity contribution in [1.29, 1.82) is 0 Å². The molecule has 1 N–H and O–H groups in total. The first-order valence-electron chi connectivity index (χ1n) is 6.90. The maximum absolute atomic E-state index is 5.83. The number of rotatable bonds is 5. The Hall–Kier alpha value is -0.340. The van der Waals surface area contributed by atoms with Crippen molar-refractivity contribution in [2.75, 3.05) is 13.2 Å². The molecular weight excluding hydrogens is 198 g/mol. The van der Waals surface area contributed by atoms with Gasteiger partial charge in [0.05, 0.1) is 6.10 Å². The monoisotopic (exact) mass is 223 g/mol. The standard InChI is InChI=1S/C14H25NO/c1-3-13-12(9-10-16-13)14(15-4-2)11-7-5-6-8-11/h7,12-15H,3-6,8-10H2,1-2H3. The second-order valence-electron chi connectivity index (χ2n) is 4.98. The average Bonchev–Trinajstić information content (AvgIpc) is 2.96. The zero-order valence-corrected chi connectivity index (χ0v) is 10.7. The van der Waals surface area contributed by atoms with Gasteiger partial charge in [-0.05, 0) is 38.6 Å². The summed E-state index contributed by atoms with van der Waals surface area (Å²) < 4.78 is 5.83. The van der Waals surface area contributed by atoms with Crippen molar-refractivity contribution in [2.24, 2.45) is 5.92 Å². The minimum Gasteiger partial charge on any atom is -0.378 e. The van der Waals surface area contributed by atoms with Crippen LogP contribution in [-0.2, 0) is 4.74 Å². The normalized spacial score (nSPS) is 31.8. The van der Waals surface area contributed by atoms with Crippen molar-refractivity contribution in [3.8, 4) is 0 Å². The lowest BCUT2D eigenvalue weighted by molar-refractivity contribution is 0.0808. The van der Waals surface area contributed by atoms with Gasteiger partial charge < -0.3 is 10.1 Å². The minimum atomic E-state index is 0.477. The molecule has 2 rings (SSSR count). The highest BCUT2D eigenvalue weighted by molar-refractivity contribution is 5.17. The van der Waals surface area contributed by atoms with Crippen molar-refractivity contribution in [3.05, 3.63) is 11.6 Å². The zero-order chi connectivity index (χ0) is 11.4. The van der Waals surface area contributed by atoms with Gasteiger partial charge >= 0.3 is 0 Å². The van der Waals surface area contributed by atoms with E-state index in [0.717, 1.165) is 19.6 Å². The van der Waals surface area contributed by atoms with Gasteiger partial charge in [0.2, 0.25) is 0 Å². The summed E-state index contributed by atoms with van der Waals surface area (Å²) in [6.45, 7) is 6.47. The highest BCUT2D eigenvalue weighted by Crippen LogP contribution is 2.33. The van der Waals surface area contributed by atoms with Crippen LogP contribution in [0.3, 0.4) is 0 Å². The van der Waals surface area contributed by atoms with Crippen LogP contribution in [0.15, 0.2) is 11.6 Å². The maximum atomic E-state index is 5.83. The van der Waals surface area contributed by atoms with Crippen LogP contribution in [-0.4, -0.2) is 25.3 Å². The zero-order valence-electron chi connectivity index (χ0n) is 10.7. The molecule has 0 saturated carbocycles. The number of likely N-dealkylation sites (N-methyl/N-ethyl adjacent to an activating group) is 1. The topological polar surface area (TPSA) is 21.3 Å². The molecule has 2 heteroatoms. The Kier molecular flexibility index (Phi) is 4.42. The fourth-order valence-electron chi connectivity index (χ4n) is 3.22. The molecule has 0 bridgehead atoms. The first kappa shape index (κ1) is 12.1. The molecule has 0 aromatic heterocycles. The van der Waals surface area contributed by atoms with Crippen molar-refractivity contribution >= 4 is 0 Å². The molecular formula is C14H25NO. The molecule has 16 heavy (non-hydrogen) atoms. The Morgan fingerprint density at radius 2 is 2.38 bits per heavy atom. The van der Waals surface area contributed by atoms with Crippen LogP contribution >= 0.6 is 0 Å². The van der Waals surface area contributed by atoms with Crippen LogP contribution < -0.4 is 5.32 Å². The highest BCUT2D eigenvalue weighted by Gasteiger charge is 2.35. The lowest BCUT2D eigenvalue weighted by Gasteiger charge is -2.29. The second-order valence-corrected chi connectivity index (χ2v) is 4.98. The molecule has 92 valence electrons. The van der Waals surface area contributed by atoms with E-state index in [1.165, 1.54) is 25.7 Å². The lowest BCUT2D eigenvalue weighted by Crippen LogP contribution is -2.41. The third-order valence-electron chi connectivity index (χ3n) is 3.99. The van der Waals surface area contributed by atoms with Crippen LogP contribution in [0, 0.1) is 5.92 Å². The van der Waals surface area contributed by atoms with Gasteiger partial charge in [-0.2, -0.15) is 0 Å². The molecule has 0 spiro atoms. The van der Waals surface area contributed by atoms with E-state index in [-0.39, 0.29) is 0 Å². The number of hydrogen-bond acceptors (Lipinski definition) is 2. The van der Waals surface area contributed by atoms with Crippen molar-refractivity contribution in [3.63, 3.8) is 0 Å². The van der Waals surface area contributed by atoms with Crippen LogP contribution in [0.2, 0.25) is 0 Å². The average molecular weight is 223 g/mol. The van der Waals surface area contributed by atoms with Crippen LogP contribution in [0.5, 0.6) is 0 Å². The third-order valence-corrected chi connectivity index (χ3v) is 3.99. The summed E-state index contributed by atoms with van der Waals surface area (Å²) in [6.07, 6.45) is 9.24. The fraction of sp³-hybridized carbons (Fsp3) is 0.857. The van der Waals surface area contributed by atoms with E-state index in [2.05, 4.69) is 25.2 Å². The van der Waals surface area contributed by atoms with Crippen LogP contribution in [0.1, 0.15) is 46.0 Å².